The van der Waals surface area contributed by atoms with Crippen LogP contribution in [0.25, 0.3) is 0 Å². The third-order valence-corrected chi connectivity index (χ3v) is 6.69. The van der Waals surface area contributed by atoms with Crippen LogP contribution >= 0.6 is 0 Å². The molecule has 8 heteroatoms. The van der Waals surface area contributed by atoms with E-state index in [4.69, 9.17) is 4.42 Å². The van der Waals surface area contributed by atoms with Crippen molar-refractivity contribution in [3.63, 3.8) is 0 Å². The molecule has 0 saturated carbocycles. The van der Waals surface area contributed by atoms with Crippen molar-refractivity contribution >= 4 is 15.7 Å². The molecule has 0 radical (unpaired) electrons. The highest BCUT2D eigenvalue weighted by molar-refractivity contribution is 7.89. The van der Waals surface area contributed by atoms with Crippen LogP contribution in [0.5, 0.6) is 0 Å². The van der Waals surface area contributed by atoms with Crippen LogP contribution in [0.1, 0.15) is 54.0 Å². The Morgan fingerprint density at radius 1 is 1.03 bits per heavy atom. The number of benzene rings is 1. The Balaban J connectivity index is 1.45. The fourth-order valence-corrected chi connectivity index (χ4v) is 5.05. The molecule has 0 bridgehead atoms. The molecule has 0 atom stereocenters. The number of hydrogen-bond acceptors (Lipinski definition) is 5. The van der Waals surface area contributed by atoms with Crippen molar-refractivity contribution < 1.29 is 22.0 Å². The summed E-state index contributed by atoms with van der Waals surface area (Å²) in [4.78, 5) is 14.7. The first kappa shape index (κ1) is 22.5. The standard InChI is InChI=1S/C22H29FN2O4S/c23-20-9-4-3-8-18(20)16-30(27,28)17-19-10-11-21(29-19)22(26)24-12-7-15-25-13-5-1-2-6-14-25/h3-4,8-11H,1-2,5-7,12-17H2,(H,24,26). The smallest absolute Gasteiger partial charge is 0.286 e. The lowest BCUT2D eigenvalue weighted by Gasteiger charge is -2.19. The number of nitrogens with one attached hydrogen (secondary N) is 1. The average molecular weight is 437 g/mol. The maximum Gasteiger partial charge on any atom is 0.286 e. The van der Waals surface area contributed by atoms with Crippen molar-refractivity contribution in [2.45, 2.75) is 43.6 Å². The molecule has 1 amide bonds. The molecule has 164 valence electrons. The number of halogens is 1. The van der Waals surface area contributed by atoms with Crippen LogP contribution in [0, 0.1) is 5.82 Å². The SMILES string of the molecule is O=C(NCCCN1CCCCCC1)c1ccc(CS(=O)(=O)Cc2ccccc2F)o1. The number of sulfone groups is 1. The Morgan fingerprint density at radius 3 is 2.50 bits per heavy atom. The van der Waals surface area contributed by atoms with Crippen molar-refractivity contribution in [3.8, 4) is 0 Å². The summed E-state index contributed by atoms with van der Waals surface area (Å²) < 4.78 is 43.8. The van der Waals surface area contributed by atoms with E-state index in [0.29, 0.717) is 6.54 Å². The highest BCUT2D eigenvalue weighted by Crippen LogP contribution is 2.17. The van der Waals surface area contributed by atoms with Crippen LogP contribution in [0.3, 0.4) is 0 Å². The largest absolute Gasteiger partial charge is 0.455 e. The van der Waals surface area contributed by atoms with Gasteiger partial charge in [-0.1, -0.05) is 31.0 Å². The number of carbonyl (C=O) groups is 1. The molecule has 1 fully saturated rings. The zero-order chi connectivity index (χ0) is 21.4. The van der Waals surface area contributed by atoms with Crippen LogP contribution in [0.4, 0.5) is 4.39 Å². The fraction of sp³-hybridized carbons (Fsp3) is 0.500. The van der Waals surface area contributed by atoms with E-state index in [-0.39, 0.29) is 28.7 Å². The molecule has 0 aliphatic carbocycles. The number of hydrogen-bond donors (Lipinski definition) is 1. The predicted octanol–water partition coefficient (Wildman–Crippen LogP) is 3.53. The quantitative estimate of drug-likeness (QED) is 0.609. The molecule has 0 spiro atoms. The number of furan rings is 1. The van der Waals surface area contributed by atoms with Gasteiger partial charge in [0.05, 0.1) is 5.75 Å². The minimum absolute atomic E-state index is 0.0841. The van der Waals surface area contributed by atoms with Gasteiger partial charge in [-0.15, -0.1) is 0 Å². The molecular formula is C22H29FN2O4S. The van der Waals surface area contributed by atoms with Gasteiger partial charge >= 0.3 is 0 Å². The Hall–Kier alpha value is -2.19. The van der Waals surface area contributed by atoms with Crippen LogP contribution in [0.2, 0.25) is 0 Å². The number of rotatable bonds is 9. The maximum absolute atomic E-state index is 13.7. The van der Waals surface area contributed by atoms with Crippen molar-refractivity contribution in [1.29, 1.82) is 0 Å². The molecule has 1 aromatic carbocycles. The second-order valence-corrected chi connectivity index (χ2v) is 9.82. The van der Waals surface area contributed by atoms with Gasteiger partial charge in [-0.05, 0) is 57.1 Å². The molecule has 1 aliphatic heterocycles. The van der Waals surface area contributed by atoms with Gasteiger partial charge in [-0.2, -0.15) is 0 Å². The number of amides is 1. The molecule has 30 heavy (non-hydrogen) atoms. The second-order valence-electron chi connectivity index (χ2n) is 7.75. The Morgan fingerprint density at radius 2 is 1.77 bits per heavy atom. The van der Waals surface area contributed by atoms with E-state index in [9.17, 15) is 17.6 Å². The summed E-state index contributed by atoms with van der Waals surface area (Å²) in [5, 5.41) is 2.82. The topological polar surface area (TPSA) is 79.6 Å². The van der Waals surface area contributed by atoms with Gasteiger partial charge in [0.25, 0.3) is 5.91 Å². The summed E-state index contributed by atoms with van der Waals surface area (Å²) in [7, 11) is -3.63. The second kappa shape index (κ2) is 10.7. The first-order chi connectivity index (χ1) is 14.4. The van der Waals surface area contributed by atoms with E-state index in [1.807, 2.05) is 0 Å². The molecule has 1 N–H and O–H groups in total. The molecule has 3 rings (SSSR count). The monoisotopic (exact) mass is 436 g/mol. The van der Waals surface area contributed by atoms with Crippen LogP contribution < -0.4 is 5.32 Å². The van der Waals surface area contributed by atoms with E-state index < -0.39 is 21.4 Å². The number of carbonyl (C=O) groups excluding carboxylic acids is 1. The normalized spacial score (nSPS) is 15.6. The molecule has 6 nitrogen and oxygen atoms in total. The Labute approximate surface area is 177 Å². The van der Waals surface area contributed by atoms with Gasteiger partial charge in [0.1, 0.15) is 17.3 Å². The first-order valence-electron chi connectivity index (χ1n) is 10.5. The molecule has 1 aromatic heterocycles. The molecular weight excluding hydrogens is 407 g/mol. The number of nitrogens with zero attached hydrogens (tertiary/aromatic N) is 1. The zero-order valence-electron chi connectivity index (χ0n) is 17.1. The van der Waals surface area contributed by atoms with Crippen LogP contribution in [-0.4, -0.2) is 45.4 Å². The third kappa shape index (κ3) is 6.95. The van der Waals surface area contributed by atoms with Gasteiger partial charge in [-0.25, -0.2) is 12.8 Å². The summed E-state index contributed by atoms with van der Waals surface area (Å²) in [6.45, 7) is 3.74. The third-order valence-electron chi connectivity index (χ3n) is 5.22. The van der Waals surface area contributed by atoms with E-state index in [1.54, 1.807) is 6.07 Å². The first-order valence-corrected chi connectivity index (χ1v) is 12.3. The predicted molar refractivity (Wildman–Crippen MR) is 113 cm³/mol. The van der Waals surface area contributed by atoms with E-state index in [0.717, 1.165) is 26.1 Å². The lowest BCUT2D eigenvalue weighted by molar-refractivity contribution is 0.0922. The maximum atomic E-state index is 13.7. The summed E-state index contributed by atoms with van der Waals surface area (Å²) in [5.74, 6) is -1.46. The molecule has 1 aliphatic rings. The molecule has 2 heterocycles. The minimum atomic E-state index is -3.63. The van der Waals surface area contributed by atoms with E-state index >= 15 is 0 Å². The minimum Gasteiger partial charge on any atom is -0.455 e. The highest BCUT2D eigenvalue weighted by atomic mass is 32.2. The zero-order valence-corrected chi connectivity index (χ0v) is 17.9. The molecule has 1 saturated heterocycles. The van der Waals surface area contributed by atoms with Gasteiger partial charge < -0.3 is 14.6 Å². The van der Waals surface area contributed by atoms with Crippen LogP contribution in [0.15, 0.2) is 40.8 Å². The molecule has 2 aromatic rings. The summed E-state index contributed by atoms with van der Waals surface area (Å²) in [5.41, 5.74) is 0.117. The van der Waals surface area contributed by atoms with Gasteiger partial charge in [0, 0.05) is 12.1 Å². The van der Waals surface area contributed by atoms with Crippen LogP contribution in [-0.2, 0) is 21.3 Å². The van der Waals surface area contributed by atoms with Gasteiger partial charge in [-0.3, -0.25) is 4.79 Å². The molecule has 0 unspecified atom stereocenters. The summed E-state index contributed by atoms with van der Waals surface area (Å²) >= 11 is 0. The summed E-state index contributed by atoms with van der Waals surface area (Å²) in [6.07, 6.45) is 5.92. The average Bonchev–Trinajstić information content (AvgIpc) is 3.00. The van der Waals surface area contributed by atoms with E-state index in [1.165, 1.54) is 56.0 Å². The highest BCUT2D eigenvalue weighted by Gasteiger charge is 2.19. The summed E-state index contributed by atoms with van der Waals surface area (Å²) in [6, 6.07) is 8.72. The van der Waals surface area contributed by atoms with Crippen molar-refractivity contribution in [3.05, 3.63) is 59.3 Å². The Bertz CT molecular complexity index is 934. The van der Waals surface area contributed by atoms with Gasteiger partial charge in [0.2, 0.25) is 0 Å². The van der Waals surface area contributed by atoms with E-state index in [2.05, 4.69) is 10.2 Å². The lowest BCUT2D eigenvalue weighted by atomic mass is 10.2. The van der Waals surface area contributed by atoms with Crippen molar-refractivity contribution in [1.82, 2.24) is 10.2 Å². The fourth-order valence-electron chi connectivity index (χ4n) is 3.65. The lowest BCUT2D eigenvalue weighted by Crippen LogP contribution is -2.30. The van der Waals surface area contributed by atoms with Crippen molar-refractivity contribution in [2.24, 2.45) is 0 Å². The van der Waals surface area contributed by atoms with Gasteiger partial charge in [0.15, 0.2) is 15.6 Å². The van der Waals surface area contributed by atoms with Crippen molar-refractivity contribution in [2.75, 3.05) is 26.2 Å². The number of likely N-dealkylation sites (tertiary alicyclic amines) is 1. The Kier molecular flexibility index (Phi) is 8.04.